The van der Waals surface area contributed by atoms with Gasteiger partial charge >= 0.3 is 0 Å². The van der Waals surface area contributed by atoms with Crippen LogP contribution in [0.4, 0.5) is 11.5 Å². The largest absolute Gasteiger partial charge is 0.487 e. The van der Waals surface area contributed by atoms with Crippen LogP contribution in [0.5, 0.6) is 11.5 Å². The molecule has 0 aliphatic rings. The molecular weight excluding hydrogens is 496 g/mol. The maximum Gasteiger partial charge on any atom is 0.163 e. The Hall–Kier alpha value is -4.54. The van der Waals surface area contributed by atoms with E-state index in [2.05, 4.69) is 31.7 Å². The van der Waals surface area contributed by atoms with Gasteiger partial charge in [-0.25, -0.2) is 14.6 Å². The molecule has 1 radical (unpaired) electrons. The van der Waals surface area contributed by atoms with Gasteiger partial charge in [-0.1, -0.05) is 35.5 Å². The topological polar surface area (TPSA) is 105 Å². The van der Waals surface area contributed by atoms with Crippen molar-refractivity contribution in [2.75, 3.05) is 46.0 Å². The number of ether oxygens (including phenoxy) is 4. The van der Waals surface area contributed by atoms with Crippen molar-refractivity contribution in [2.45, 2.75) is 6.54 Å². The van der Waals surface area contributed by atoms with Crippen LogP contribution in [0, 0.1) is 6.07 Å². The molecule has 5 aromatic rings. The number of benzene rings is 3. The zero-order valence-electron chi connectivity index (χ0n) is 21.8. The maximum atomic E-state index is 5.95. The highest BCUT2D eigenvalue weighted by Gasteiger charge is 2.14. The van der Waals surface area contributed by atoms with Crippen molar-refractivity contribution in [1.29, 1.82) is 0 Å². The van der Waals surface area contributed by atoms with E-state index in [0.717, 1.165) is 33.4 Å². The normalized spacial score (nSPS) is 11.0. The highest BCUT2D eigenvalue weighted by atomic mass is 16.5. The van der Waals surface area contributed by atoms with Crippen LogP contribution in [-0.4, -0.2) is 65.6 Å². The van der Waals surface area contributed by atoms with E-state index in [4.69, 9.17) is 18.9 Å². The number of nitrogens with zero attached hydrogens (tertiary/aromatic N) is 5. The van der Waals surface area contributed by atoms with Gasteiger partial charge in [-0.15, -0.1) is 5.10 Å². The van der Waals surface area contributed by atoms with E-state index in [1.54, 1.807) is 14.2 Å². The number of rotatable bonds is 13. The summed E-state index contributed by atoms with van der Waals surface area (Å²) in [4.78, 5) is 8.95. The summed E-state index contributed by atoms with van der Waals surface area (Å²) in [6.07, 6.45) is 3.45. The van der Waals surface area contributed by atoms with E-state index in [1.807, 2.05) is 71.5 Å². The molecule has 2 aromatic heterocycles. The molecule has 10 nitrogen and oxygen atoms in total. The Morgan fingerprint density at radius 1 is 0.897 bits per heavy atom. The number of aromatic nitrogens is 5. The summed E-state index contributed by atoms with van der Waals surface area (Å²) in [5.41, 5.74) is 4.38. The number of hydrogen-bond acceptors (Lipinski definition) is 9. The molecular formula is C29H29N6O4. The minimum atomic E-state index is 0.379. The first-order chi connectivity index (χ1) is 19.2. The van der Waals surface area contributed by atoms with E-state index >= 15 is 0 Å². The standard InChI is InChI=1S/C29H29N6O4/c1-36-11-13-38-27-16-24-25(17-28(27)39-14-12-37-2)30-20-31-29(24)32-23-10-6-9-22(15-23)26-19-35(34-33-26)18-21-7-4-3-5-8-21/h3-4,6-10,15-17,19-20H,11-14,18H2,1-2H3,(H,30,31,32). The van der Waals surface area contributed by atoms with Crippen molar-refractivity contribution in [3.8, 4) is 22.8 Å². The number of fused-ring (bicyclic) bond motifs is 1. The monoisotopic (exact) mass is 525 g/mol. The van der Waals surface area contributed by atoms with Gasteiger partial charge in [0.25, 0.3) is 0 Å². The second-order valence-electron chi connectivity index (χ2n) is 8.64. The van der Waals surface area contributed by atoms with Gasteiger partial charge < -0.3 is 24.3 Å². The molecule has 39 heavy (non-hydrogen) atoms. The van der Waals surface area contributed by atoms with Crippen molar-refractivity contribution < 1.29 is 18.9 Å². The second kappa shape index (κ2) is 12.8. The van der Waals surface area contributed by atoms with Crippen LogP contribution in [0.25, 0.3) is 22.2 Å². The lowest BCUT2D eigenvalue weighted by Crippen LogP contribution is -2.09. The van der Waals surface area contributed by atoms with Gasteiger partial charge in [0.05, 0.1) is 31.5 Å². The molecule has 0 saturated heterocycles. The quantitative estimate of drug-likeness (QED) is 0.222. The van der Waals surface area contributed by atoms with Gasteiger partial charge in [0, 0.05) is 36.9 Å². The van der Waals surface area contributed by atoms with Gasteiger partial charge in [-0.2, -0.15) is 0 Å². The van der Waals surface area contributed by atoms with Crippen molar-refractivity contribution in [1.82, 2.24) is 25.0 Å². The van der Waals surface area contributed by atoms with Crippen LogP contribution in [0.3, 0.4) is 0 Å². The molecule has 0 unspecified atom stereocenters. The molecule has 10 heteroatoms. The van der Waals surface area contributed by atoms with Crippen molar-refractivity contribution in [3.05, 3.63) is 84.8 Å². The highest BCUT2D eigenvalue weighted by Crippen LogP contribution is 2.35. The molecule has 0 bridgehead atoms. The van der Waals surface area contributed by atoms with Gasteiger partial charge in [-0.05, 0) is 35.9 Å². The molecule has 199 valence electrons. The highest BCUT2D eigenvalue weighted by molar-refractivity contribution is 5.93. The third-order valence-corrected chi connectivity index (χ3v) is 5.87. The first-order valence-electron chi connectivity index (χ1n) is 12.5. The third kappa shape index (κ3) is 6.67. The molecule has 3 aromatic carbocycles. The molecule has 0 saturated carbocycles. The Balaban J connectivity index is 1.39. The summed E-state index contributed by atoms with van der Waals surface area (Å²) in [7, 11) is 3.26. The van der Waals surface area contributed by atoms with Crippen molar-refractivity contribution in [3.63, 3.8) is 0 Å². The first-order valence-corrected chi connectivity index (χ1v) is 12.5. The predicted molar refractivity (Wildman–Crippen MR) is 147 cm³/mol. The fourth-order valence-corrected chi connectivity index (χ4v) is 3.98. The summed E-state index contributed by atoms with van der Waals surface area (Å²) >= 11 is 0. The Kier molecular flexibility index (Phi) is 8.57. The Morgan fingerprint density at radius 2 is 1.72 bits per heavy atom. The van der Waals surface area contributed by atoms with Crippen LogP contribution in [0.15, 0.2) is 73.2 Å². The molecule has 0 aliphatic heterocycles. The van der Waals surface area contributed by atoms with Crippen molar-refractivity contribution in [2.24, 2.45) is 0 Å². The summed E-state index contributed by atoms with van der Waals surface area (Å²) < 4.78 is 23.9. The average Bonchev–Trinajstić information content (AvgIpc) is 3.43. The van der Waals surface area contributed by atoms with Crippen LogP contribution >= 0.6 is 0 Å². The fourth-order valence-electron chi connectivity index (χ4n) is 3.98. The summed E-state index contributed by atoms with van der Waals surface area (Å²) in [5, 5.41) is 12.9. The fraction of sp³-hybridized carbons (Fsp3) is 0.241. The Bertz CT molecular complexity index is 1510. The van der Waals surface area contributed by atoms with Gasteiger partial charge in [0.15, 0.2) is 11.5 Å². The van der Waals surface area contributed by atoms with Crippen LogP contribution in [0.1, 0.15) is 5.56 Å². The lowest BCUT2D eigenvalue weighted by atomic mass is 10.1. The summed E-state index contributed by atoms with van der Waals surface area (Å²) in [5.74, 6) is 1.80. The number of anilines is 2. The molecule has 0 aliphatic carbocycles. The van der Waals surface area contributed by atoms with Gasteiger partial charge in [0.1, 0.15) is 31.1 Å². The van der Waals surface area contributed by atoms with E-state index < -0.39 is 0 Å². The zero-order chi connectivity index (χ0) is 26.9. The predicted octanol–water partition coefficient (Wildman–Crippen LogP) is 4.53. The maximum absolute atomic E-state index is 5.95. The lowest BCUT2D eigenvalue weighted by molar-refractivity contribution is 0.132. The molecule has 5 rings (SSSR count). The minimum absolute atomic E-state index is 0.379. The van der Waals surface area contributed by atoms with E-state index in [-0.39, 0.29) is 0 Å². The first kappa shape index (κ1) is 26.1. The number of nitrogens with one attached hydrogen (secondary N) is 1. The SMILES string of the molecule is COCCOc1cc2ncnc(Nc3cccc(-c4cn(Cc5c[c]ccc5)nn4)c3)c2cc1OCCOC. The Labute approximate surface area is 226 Å². The molecule has 2 heterocycles. The van der Waals surface area contributed by atoms with Crippen LogP contribution in [-0.2, 0) is 16.0 Å². The third-order valence-electron chi connectivity index (χ3n) is 5.87. The molecule has 0 spiro atoms. The molecule has 0 fully saturated rings. The summed E-state index contributed by atoms with van der Waals surface area (Å²) in [6, 6.07) is 22.6. The van der Waals surface area contributed by atoms with E-state index in [1.165, 1.54) is 6.33 Å². The number of hydrogen-bond donors (Lipinski definition) is 1. The Morgan fingerprint density at radius 3 is 2.49 bits per heavy atom. The summed E-state index contributed by atoms with van der Waals surface area (Å²) in [6.45, 7) is 2.31. The lowest BCUT2D eigenvalue weighted by Gasteiger charge is -2.15. The molecule has 0 amide bonds. The molecule has 1 N–H and O–H groups in total. The van der Waals surface area contributed by atoms with E-state index in [9.17, 15) is 0 Å². The number of methoxy groups -OCH3 is 2. The van der Waals surface area contributed by atoms with Gasteiger partial charge in [0.2, 0.25) is 0 Å². The van der Waals surface area contributed by atoms with Crippen LogP contribution < -0.4 is 14.8 Å². The van der Waals surface area contributed by atoms with Crippen LogP contribution in [0.2, 0.25) is 0 Å². The molecule has 0 atom stereocenters. The zero-order valence-corrected chi connectivity index (χ0v) is 21.8. The smallest absolute Gasteiger partial charge is 0.163 e. The van der Waals surface area contributed by atoms with Crippen molar-refractivity contribution >= 4 is 22.4 Å². The van der Waals surface area contributed by atoms with Gasteiger partial charge in [-0.3, -0.25) is 0 Å². The van der Waals surface area contributed by atoms with E-state index in [0.29, 0.717) is 50.3 Å². The average molecular weight is 526 g/mol. The minimum Gasteiger partial charge on any atom is -0.487 e. The second-order valence-corrected chi connectivity index (χ2v) is 8.64.